The van der Waals surface area contributed by atoms with Crippen LogP contribution in [0, 0.1) is 0 Å². The molecule has 0 saturated carbocycles. The molecule has 0 aliphatic carbocycles. The van der Waals surface area contributed by atoms with Crippen molar-refractivity contribution in [3.05, 3.63) is 51.2 Å². The summed E-state index contributed by atoms with van der Waals surface area (Å²) in [6.45, 7) is 1.26. The Bertz CT molecular complexity index is 933. The molecule has 1 aromatic carbocycles. The topological polar surface area (TPSA) is 72.7 Å². The summed E-state index contributed by atoms with van der Waals surface area (Å²) in [4.78, 5) is 20.8. The van der Waals surface area contributed by atoms with Gasteiger partial charge in [-0.1, -0.05) is 31.9 Å². The van der Waals surface area contributed by atoms with Gasteiger partial charge in [-0.3, -0.25) is 9.48 Å². The van der Waals surface area contributed by atoms with Crippen LogP contribution in [-0.2, 0) is 6.54 Å². The second-order valence-electron chi connectivity index (χ2n) is 5.32. The zero-order valence-electron chi connectivity index (χ0n) is 12.3. The normalized spacial score (nSPS) is 13.5. The molecule has 3 heterocycles. The van der Waals surface area contributed by atoms with Gasteiger partial charge in [0.25, 0.3) is 5.91 Å². The average molecular weight is 449 g/mol. The minimum atomic E-state index is -0.106. The van der Waals surface area contributed by atoms with Crippen molar-refractivity contribution >= 4 is 37.8 Å². The maximum absolute atomic E-state index is 11.9. The molecule has 0 atom stereocenters. The van der Waals surface area contributed by atoms with Crippen LogP contribution in [0.3, 0.4) is 0 Å². The summed E-state index contributed by atoms with van der Waals surface area (Å²) in [7, 11) is 0. The quantitative estimate of drug-likeness (QED) is 0.652. The summed E-state index contributed by atoms with van der Waals surface area (Å²) in [5.74, 6) is 0.495. The zero-order valence-corrected chi connectivity index (χ0v) is 15.5. The van der Waals surface area contributed by atoms with E-state index in [0.717, 1.165) is 14.5 Å². The fraction of sp³-hybridized carbons (Fsp3) is 0.125. The number of hydrogen-bond acceptors (Lipinski definition) is 4. The lowest BCUT2D eigenvalue weighted by Gasteiger charge is -2.13. The van der Waals surface area contributed by atoms with E-state index in [0.29, 0.717) is 36.0 Å². The third-order valence-electron chi connectivity index (χ3n) is 3.66. The number of amides is 1. The molecule has 0 spiro atoms. The van der Waals surface area contributed by atoms with Crippen molar-refractivity contribution in [2.75, 3.05) is 6.54 Å². The number of halogens is 2. The molecular formula is C16H11Br2N5O. The van der Waals surface area contributed by atoms with Crippen LogP contribution in [0.1, 0.15) is 10.5 Å². The van der Waals surface area contributed by atoms with Gasteiger partial charge in [0.15, 0.2) is 5.82 Å². The SMILES string of the molecule is O=C1NCCn2nc(-c3ccnc(-c4cc(Br)cc(Br)c4)n3)cc21. The Morgan fingerprint density at radius 3 is 2.62 bits per heavy atom. The standard InChI is InChI=1S/C16H11Br2N5O/c17-10-5-9(6-11(18)7-10)15-19-2-1-12(21-15)13-8-14-16(24)20-3-4-23(14)22-13/h1-2,5-8H,3-4H2,(H,20,24). The molecule has 0 saturated heterocycles. The van der Waals surface area contributed by atoms with Gasteiger partial charge in [-0.05, 0) is 30.3 Å². The van der Waals surface area contributed by atoms with E-state index in [1.54, 1.807) is 23.0 Å². The smallest absolute Gasteiger partial charge is 0.269 e. The molecule has 6 nitrogen and oxygen atoms in total. The Morgan fingerprint density at radius 2 is 1.88 bits per heavy atom. The maximum Gasteiger partial charge on any atom is 0.269 e. The van der Waals surface area contributed by atoms with E-state index < -0.39 is 0 Å². The highest BCUT2D eigenvalue weighted by Crippen LogP contribution is 2.27. The highest BCUT2D eigenvalue weighted by Gasteiger charge is 2.20. The molecule has 1 amide bonds. The first-order chi connectivity index (χ1) is 11.6. The predicted molar refractivity (Wildman–Crippen MR) is 96.4 cm³/mol. The number of nitrogens with zero attached hydrogens (tertiary/aromatic N) is 4. The number of nitrogens with one attached hydrogen (secondary N) is 1. The molecule has 24 heavy (non-hydrogen) atoms. The molecule has 0 unspecified atom stereocenters. The molecule has 120 valence electrons. The van der Waals surface area contributed by atoms with E-state index in [9.17, 15) is 4.79 Å². The second kappa shape index (κ2) is 6.10. The Balaban J connectivity index is 1.77. The molecule has 0 fully saturated rings. The van der Waals surface area contributed by atoms with Crippen LogP contribution in [0.4, 0.5) is 0 Å². The van der Waals surface area contributed by atoms with E-state index >= 15 is 0 Å². The maximum atomic E-state index is 11.9. The van der Waals surface area contributed by atoms with E-state index in [1.807, 2.05) is 18.2 Å². The lowest BCUT2D eigenvalue weighted by atomic mass is 10.2. The van der Waals surface area contributed by atoms with Crippen LogP contribution >= 0.6 is 31.9 Å². The number of aromatic nitrogens is 4. The lowest BCUT2D eigenvalue weighted by Crippen LogP contribution is -2.35. The highest BCUT2D eigenvalue weighted by atomic mass is 79.9. The summed E-state index contributed by atoms with van der Waals surface area (Å²) >= 11 is 6.95. The molecule has 0 bridgehead atoms. The van der Waals surface area contributed by atoms with Crippen LogP contribution in [0.25, 0.3) is 22.8 Å². The van der Waals surface area contributed by atoms with Crippen molar-refractivity contribution in [2.45, 2.75) is 6.54 Å². The van der Waals surface area contributed by atoms with Gasteiger partial charge < -0.3 is 5.32 Å². The summed E-state index contributed by atoms with van der Waals surface area (Å²) in [5.41, 5.74) is 2.80. The van der Waals surface area contributed by atoms with Gasteiger partial charge in [-0.2, -0.15) is 5.10 Å². The van der Waals surface area contributed by atoms with Crippen LogP contribution in [0.2, 0.25) is 0 Å². The van der Waals surface area contributed by atoms with Gasteiger partial charge in [0.05, 0.1) is 12.2 Å². The largest absolute Gasteiger partial charge is 0.349 e. The van der Waals surface area contributed by atoms with Crippen molar-refractivity contribution in [1.82, 2.24) is 25.1 Å². The van der Waals surface area contributed by atoms with E-state index in [-0.39, 0.29) is 5.91 Å². The van der Waals surface area contributed by atoms with Crippen LogP contribution in [-0.4, -0.2) is 32.2 Å². The van der Waals surface area contributed by atoms with Crippen molar-refractivity contribution < 1.29 is 4.79 Å². The number of hydrogen-bond donors (Lipinski definition) is 1. The average Bonchev–Trinajstić information content (AvgIpc) is 3.00. The molecule has 2 aromatic heterocycles. The first-order valence-corrected chi connectivity index (χ1v) is 8.85. The number of rotatable bonds is 2. The second-order valence-corrected chi connectivity index (χ2v) is 7.15. The Morgan fingerprint density at radius 1 is 1.08 bits per heavy atom. The first kappa shape index (κ1) is 15.5. The number of fused-ring (bicyclic) bond motifs is 1. The van der Waals surface area contributed by atoms with Gasteiger partial charge >= 0.3 is 0 Å². The Hall–Kier alpha value is -2.06. The van der Waals surface area contributed by atoms with Gasteiger partial charge in [-0.25, -0.2) is 9.97 Å². The summed E-state index contributed by atoms with van der Waals surface area (Å²) in [5, 5.41) is 7.30. The van der Waals surface area contributed by atoms with Crippen molar-refractivity contribution in [3.8, 4) is 22.8 Å². The molecule has 4 rings (SSSR count). The molecular weight excluding hydrogens is 438 g/mol. The molecule has 1 aliphatic heterocycles. The molecule has 1 N–H and O–H groups in total. The zero-order chi connectivity index (χ0) is 16.7. The molecule has 3 aromatic rings. The lowest BCUT2D eigenvalue weighted by molar-refractivity contribution is 0.0924. The molecule has 1 aliphatic rings. The number of carbonyl (C=O) groups is 1. The van der Waals surface area contributed by atoms with Gasteiger partial charge in [0, 0.05) is 27.3 Å². The highest BCUT2D eigenvalue weighted by molar-refractivity contribution is 9.11. The third kappa shape index (κ3) is 2.87. The van der Waals surface area contributed by atoms with Crippen LogP contribution in [0.5, 0.6) is 0 Å². The Labute approximate surface area is 154 Å². The van der Waals surface area contributed by atoms with Gasteiger partial charge in [0.2, 0.25) is 0 Å². The molecule has 0 radical (unpaired) electrons. The number of carbonyl (C=O) groups excluding carboxylic acids is 1. The Kier molecular flexibility index (Phi) is 3.93. The van der Waals surface area contributed by atoms with Gasteiger partial charge in [0.1, 0.15) is 11.4 Å². The summed E-state index contributed by atoms with van der Waals surface area (Å²) in [6, 6.07) is 9.42. The fourth-order valence-electron chi connectivity index (χ4n) is 2.58. The van der Waals surface area contributed by atoms with Crippen molar-refractivity contribution in [3.63, 3.8) is 0 Å². The summed E-state index contributed by atoms with van der Waals surface area (Å²) < 4.78 is 3.59. The predicted octanol–water partition coefficient (Wildman–Crippen LogP) is 3.28. The summed E-state index contributed by atoms with van der Waals surface area (Å²) in [6.07, 6.45) is 1.70. The first-order valence-electron chi connectivity index (χ1n) is 7.26. The monoisotopic (exact) mass is 447 g/mol. The van der Waals surface area contributed by atoms with E-state index in [2.05, 4.69) is 52.2 Å². The minimum Gasteiger partial charge on any atom is -0.349 e. The van der Waals surface area contributed by atoms with Crippen molar-refractivity contribution in [1.29, 1.82) is 0 Å². The third-order valence-corrected chi connectivity index (χ3v) is 4.58. The van der Waals surface area contributed by atoms with E-state index in [4.69, 9.17) is 0 Å². The van der Waals surface area contributed by atoms with Crippen LogP contribution in [0.15, 0.2) is 45.5 Å². The van der Waals surface area contributed by atoms with E-state index in [1.165, 1.54) is 0 Å². The fourth-order valence-corrected chi connectivity index (χ4v) is 3.88. The van der Waals surface area contributed by atoms with Gasteiger partial charge in [-0.15, -0.1) is 0 Å². The van der Waals surface area contributed by atoms with Crippen molar-refractivity contribution in [2.24, 2.45) is 0 Å². The van der Waals surface area contributed by atoms with Crippen LogP contribution < -0.4 is 5.32 Å². The molecule has 8 heteroatoms. The minimum absolute atomic E-state index is 0.106. The number of benzene rings is 1.